The lowest BCUT2D eigenvalue weighted by atomic mass is 10.00. The van der Waals surface area contributed by atoms with Crippen molar-refractivity contribution < 1.29 is 50.6 Å². The van der Waals surface area contributed by atoms with Gasteiger partial charge in [0.15, 0.2) is 0 Å². The maximum Gasteiger partial charge on any atom is 0.252 e. The molecule has 1 unspecified atom stereocenters. The Morgan fingerprint density at radius 2 is 1.54 bits per heavy atom. The molecule has 0 radical (unpaired) electrons. The van der Waals surface area contributed by atoms with Gasteiger partial charge in [0, 0.05) is 20.1 Å². The fourth-order valence-electron chi connectivity index (χ4n) is 1.40. The van der Waals surface area contributed by atoms with Gasteiger partial charge in [-0.3, -0.25) is 0 Å². The molecule has 10 nitrogen and oxygen atoms in total. The quantitative estimate of drug-likeness (QED) is 0.290. The minimum atomic E-state index is -2.08. The van der Waals surface area contributed by atoms with Gasteiger partial charge in [-0.25, -0.2) is 0 Å². The van der Waals surface area contributed by atoms with Gasteiger partial charge in [-0.05, 0) is 12.8 Å². The summed E-state index contributed by atoms with van der Waals surface area (Å²) in [5.74, 6) is 0.893. The largest absolute Gasteiger partial charge is 0.565 e. The van der Waals surface area contributed by atoms with Gasteiger partial charge >= 0.3 is 0 Å². The van der Waals surface area contributed by atoms with Gasteiger partial charge < -0.3 is 50.6 Å². The fraction of sp³-hybridized carbons (Fsp3) is 0.875. The lowest BCUT2D eigenvalue weighted by molar-refractivity contribution is -0.379. The van der Waals surface area contributed by atoms with Crippen molar-refractivity contribution in [3.05, 3.63) is 0 Å². The van der Waals surface area contributed by atoms with Crippen LogP contribution < -0.4 is 21.7 Å². The molecule has 0 saturated carbocycles. The molecule has 0 aliphatic rings. The van der Waals surface area contributed by atoms with E-state index < -0.39 is 12.3 Å². The number of carboxylic acid groups (broad SMARTS) is 3. The van der Waals surface area contributed by atoms with Crippen LogP contribution in [-0.4, -0.2) is 64.5 Å². The number of hydrogen-bond donors (Lipinski definition) is 3. The molecule has 0 aromatic carbocycles. The van der Waals surface area contributed by atoms with Crippen molar-refractivity contribution in [1.82, 2.24) is 0 Å². The number of carbonyl (C=O) groups excluding carboxylic acids is 1. The summed E-state index contributed by atoms with van der Waals surface area (Å²) in [6, 6.07) is 0. The highest BCUT2D eigenvalue weighted by molar-refractivity contribution is 5.53. The Balaban J connectivity index is -0.000000130. The second-order valence-corrected chi connectivity index (χ2v) is 4.91. The van der Waals surface area contributed by atoms with E-state index in [1.165, 1.54) is 32.8 Å². The van der Waals surface area contributed by atoms with Crippen molar-refractivity contribution >= 4 is 12.3 Å². The number of quaternary nitrogens is 2. The van der Waals surface area contributed by atoms with Crippen LogP contribution in [0.1, 0.15) is 39.5 Å². The molecule has 0 saturated heterocycles. The van der Waals surface area contributed by atoms with Crippen LogP contribution in [0.3, 0.4) is 0 Å². The molecular formula is C16H38N2O8. The van der Waals surface area contributed by atoms with Gasteiger partial charge in [-0.2, -0.15) is 0 Å². The molecule has 160 valence electrons. The van der Waals surface area contributed by atoms with E-state index in [9.17, 15) is 9.90 Å². The molecule has 7 N–H and O–H groups in total. The van der Waals surface area contributed by atoms with Crippen molar-refractivity contribution in [3.8, 4) is 0 Å². The summed E-state index contributed by atoms with van der Waals surface area (Å²) < 4.78 is 13.1. The van der Waals surface area contributed by atoms with Crippen molar-refractivity contribution in [2.45, 2.75) is 39.5 Å². The molecule has 0 aliphatic heterocycles. The van der Waals surface area contributed by atoms with E-state index in [4.69, 9.17) is 15.0 Å². The van der Waals surface area contributed by atoms with E-state index in [1.807, 2.05) is 0 Å². The molecule has 10 heteroatoms. The minimum Gasteiger partial charge on any atom is -0.565 e. The molecule has 0 aromatic heterocycles. The number of hydrogen-bond acceptors (Lipinski definition) is 7. The molecule has 0 bridgehead atoms. The molecule has 0 fully saturated rings. The molecule has 1 atom stereocenters. The summed E-state index contributed by atoms with van der Waals surface area (Å²) in [6.45, 7) is 7.58. The van der Waals surface area contributed by atoms with E-state index in [0.29, 0.717) is 0 Å². The number of unbranched alkanes of at least 4 members (excludes halogenated alkanes) is 1. The third-order valence-electron chi connectivity index (χ3n) is 2.81. The van der Waals surface area contributed by atoms with Crippen molar-refractivity contribution in [3.63, 3.8) is 0 Å². The summed E-state index contributed by atoms with van der Waals surface area (Å²) in [6.07, 6.45) is 1.81. The number of carbonyl (C=O) groups is 2. The smallest absolute Gasteiger partial charge is 0.252 e. The van der Waals surface area contributed by atoms with Crippen LogP contribution in [0.25, 0.3) is 0 Å². The first-order valence-electron chi connectivity index (χ1n) is 8.57. The van der Waals surface area contributed by atoms with Gasteiger partial charge in [-0.15, -0.1) is 0 Å². The van der Waals surface area contributed by atoms with Crippen LogP contribution in [0, 0.1) is 5.92 Å². The molecule has 0 amide bonds. The monoisotopic (exact) mass is 386 g/mol. The zero-order chi connectivity index (χ0) is 21.2. The van der Waals surface area contributed by atoms with Gasteiger partial charge in [0.05, 0.1) is 32.9 Å². The van der Waals surface area contributed by atoms with E-state index in [0.717, 1.165) is 25.6 Å². The van der Waals surface area contributed by atoms with Crippen molar-refractivity contribution in [2.75, 3.05) is 47.1 Å². The molecule has 0 aromatic rings. The van der Waals surface area contributed by atoms with E-state index in [-0.39, 0.29) is 13.2 Å². The summed E-state index contributed by atoms with van der Waals surface area (Å²) >= 11 is 0. The molecule has 0 heterocycles. The lowest BCUT2D eigenvalue weighted by Crippen LogP contribution is -2.53. The highest BCUT2D eigenvalue weighted by Crippen LogP contribution is 2.09. The topological polar surface area (TPSA) is 183 Å². The van der Waals surface area contributed by atoms with Gasteiger partial charge in [0.25, 0.3) is 6.16 Å². The summed E-state index contributed by atoms with van der Waals surface area (Å²) in [5.41, 5.74) is 7.46. The summed E-state index contributed by atoms with van der Waals surface area (Å²) in [5, 5.41) is 24.8. The molecule has 0 spiro atoms. The normalized spacial score (nSPS) is 9.92. The fourth-order valence-corrected chi connectivity index (χ4v) is 1.40. The Morgan fingerprint density at radius 3 is 1.77 bits per heavy atom. The van der Waals surface area contributed by atoms with Gasteiger partial charge in [0.2, 0.25) is 6.16 Å². The first kappa shape index (κ1) is 32.1. The predicted molar refractivity (Wildman–Crippen MR) is 91.9 cm³/mol. The van der Waals surface area contributed by atoms with E-state index >= 15 is 0 Å². The standard InChI is InChI=1S/C8H19N.C4H8O4.C3H9NO.CH2O3/c1-3-5-6-8(4-2)7-9;1-7-2-3-8-4(5)6;1-5-3-2-4;2-1(3)4/h8H,3-7,9H2,1-2H3;2-3H2,1H3,(H,5,6);2-4H2,1H3;(H2,2,3,4). The van der Waals surface area contributed by atoms with Crippen LogP contribution in [-0.2, 0) is 14.2 Å². The van der Waals surface area contributed by atoms with Crippen LogP contribution in [0.5, 0.6) is 0 Å². The SMILES string of the molecule is CCCCC(CC)C[NH3+].COCCOC(=O)[O-].COCC[NH3+].O=C([O-])O. The highest BCUT2D eigenvalue weighted by atomic mass is 16.7. The predicted octanol–water partition coefficient (Wildman–Crippen LogP) is -1.80. The Hall–Kier alpha value is -1.62. The maximum atomic E-state index is 9.49. The third-order valence-corrected chi connectivity index (χ3v) is 2.81. The molecule has 0 aliphatic carbocycles. The average molecular weight is 386 g/mol. The zero-order valence-corrected chi connectivity index (χ0v) is 16.7. The summed E-state index contributed by atoms with van der Waals surface area (Å²) in [4.78, 5) is 17.9. The second kappa shape index (κ2) is 31.2. The Kier molecular flexibility index (Phi) is 38.5. The first-order valence-corrected chi connectivity index (χ1v) is 8.57. The van der Waals surface area contributed by atoms with Crippen molar-refractivity contribution in [2.24, 2.45) is 5.92 Å². The van der Waals surface area contributed by atoms with Gasteiger partial charge in [0.1, 0.15) is 0 Å². The Bertz CT molecular complexity index is 271. The van der Waals surface area contributed by atoms with E-state index in [2.05, 4.69) is 39.5 Å². The molecule has 26 heavy (non-hydrogen) atoms. The molecular weight excluding hydrogens is 348 g/mol. The van der Waals surface area contributed by atoms with E-state index in [1.54, 1.807) is 7.11 Å². The first-order chi connectivity index (χ1) is 12.3. The lowest BCUT2D eigenvalue weighted by Gasteiger charge is -2.07. The van der Waals surface area contributed by atoms with Crippen LogP contribution >= 0.6 is 0 Å². The number of ether oxygens (including phenoxy) is 3. The van der Waals surface area contributed by atoms with Gasteiger partial charge in [-0.1, -0.05) is 26.7 Å². The Labute approximate surface area is 156 Å². The third kappa shape index (κ3) is 57.1. The number of rotatable bonds is 10. The maximum absolute atomic E-state index is 9.49. The van der Waals surface area contributed by atoms with Crippen LogP contribution in [0.2, 0.25) is 0 Å². The average Bonchev–Trinajstić information content (AvgIpc) is 2.57. The van der Waals surface area contributed by atoms with Crippen LogP contribution in [0.15, 0.2) is 0 Å². The summed E-state index contributed by atoms with van der Waals surface area (Å²) in [7, 11) is 3.13. The highest BCUT2D eigenvalue weighted by Gasteiger charge is 2.03. The minimum absolute atomic E-state index is 0.0405. The molecule has 0 rings (SSSR count). The Morgan fingerprint density at radius 1 is 1.04 bits per heavy atom. The second-order valence-electron chi connectivity index (χ2n) is 4.91. The van der Waals surface area contributed by atoms with Crippen LogP contribution in [0.4, 0.5) is 9.59 Å². The zero-order valence-electron chi connectivity index (χ0n) is 16.7. The number of methoxy groups -OCH3 is 2. The van der Waals surface area contributed by atoms with Crippen molar-refractivity contribution in [1.29, 1.82) is 0 Å².